The summed E-state index contributed by atoms with van der Waals surface area (Å²) in [5.41, 5.74) is 5.27. The number of nitrogens with one attached hydrogen (secondary N) is 1. The van der Waals surface area contributed by atoms with Gasteiger partial charge >= 0.3 is 0 Å². The summed E-state index contributed by atoms with van der Waals surface area (Å²) in [6, 6.07) is -0.175. The predicted octanol–water partition coefficient (Wildman–Crippen LogP) is 0.182. The summed E-state index contributed by atoms with van der Waals surface area (Å²) in [6.45, 7) is 5.58. The molecule has 0 aliphatic carbocycles. The molecule has 4 heteroatoms. The van der Waals surface area contributed by atoms with Crippen LogP contribution in [0.3, 0.4) is 0 Å². The highest BCUT2D eigenvalue weighted by molar-refractivity contribution is 5.79. The fourth-order valence-corrected chi connectivity index (χ4v) is 2.19. The first kappa shape index (κ1) is 12.5. The van der Waals surface area contributed by atoms with Gasteiger partial charge in [0, 0.05) is 13.1 Å². The molecule has 15 heavy (non-hydrogen) atoms. The lowest BCUT2D eigenvalue weighted by Crippen LogP contribution is -2.41. The van der Waals surface area contributed by atoms with Crippen molar-refractivity contribution in [3.8, 4) is 0 Å². The first-order valence-electron chi connectivity index (χ1n) is 5.86. The second kappa shape index (κ2) is 6.08. The number of rotatable bonds is 6. The number of nitrogens with zero attached hydrogens (tertiary/aromatic N) is 1. The number of primary amides is 1. The third-order valence-electron chi connectivity index (χ3n) is 3.37. The van der Waals surface area contributed by atoms with E-state index >= 15 is 0 Å². The number of likely N-dealkylation sites (N-methyl/N-ethyl adjacent to an activating group) is 1. The molecule has 1 rings (SSSR count). The largest absolute Gasteiger partial charge is 0.368 e. The Morgan fingerprint density at radius 3 is 2.87 bits per heavy atom. The lowest BCUT2D eigenvalue weighted by molar-refractivity contribution is -0.120. The first-order valence-corrected chi connectivity index (χ1v) is 5.86. The van der Waals surface area contributed by atoms with Gasteiger partial charge in [0.25, 0.3) is 0 Å². The van der Waals surface area contributed by atoms with Gasteiger partial charge in [-0.15, -0.1) is 0 Å². The normalized spacial score (nSPS) is 24.3. The summed E-state index contributed by atoms with van der Waals surface area (Å²) < 4.78 is 0. The van der Waals surface area contributed by atoms with Crippen molar-refractivity contribution in [1.82, 2.24) is 10.2 Å². The average Bonchev–Trinajstić information content (AvgIpc) is 2.66. The van der Waals surface area contributed by atoms with Crippen molar-refractivity contribution < 1.29 is 4.79 Å². The van der Waals surface area contributed by atoms with Gasteiger partial charge in [-0.3, -0.25) is 4.79 Å². The van der Waals surface area contributed by atoms with E-state index < -0.39 is 0 Å². The lowest BCUT2D eigenvalue weighted by atomic mass is 10.1. The minimum absolute atomic E-state index is 0.175. The van der Waals surface area contributed by atoms with Gasteiger partial charge in [0.2, 0.25) is 5.91 Å². The maximum Gasteiger partial charge on any atom is 0.234 e. The molecule has 0 aromatic heterocycles. The maximum atomic E-state index is 11.0. The highest BCUT2D eigenvalue weighted by Gasteiger charge is 2.22. The number of nitrogens with two attached hydrogens (primary N) is 1. The molecule has 0 bridgehead atoms. The molecule has 1 saturated heterocycles. The fourth-order valence-electron chi connectivity index (χ4n) is 2.19. The molecule has 1 amide bonds. The van der Waals surface area contributed by atoms with Gasteiger partial charge in [0.15, 0.2) is 0 Å². The van der Waals surface area contributed by atoms with E-state index in [4.69, 9.17) is 5.73 Å². The van der Waals surface area contributed by atoms with Crippen LogP contribution in [0.15, 0.2) is 0 Å². The summed E-state index contributed by atoms with van der Waals surface area (Å²) >= 11 is 0. The monoisotopic (exact) mass is 213 g/mol. The summed E-state index contributed by atoms with van der Waals surface area (Å²) in [7, 11) is 1.79. The second-order valence-electron chi connectivity index (χ2n) is 4.40. The van der Waals surface area contributed by atoms with Crippen molar-refractivity contribution in [2.24, 2.45) is 11.7 Å². The van der Waals surface area contributed by atoms with Crippen molar-refractivity contribution in [2.45, 2.75) is 32.2 Å². The zero-order valence-corrected chi connectivity index (χ0v) is 9.83. The summed E-state index contributed by atoms with van der Waals surface area (Å²) in [5.74, 6) is 0.607. The molecule has 1 aliphatic heterocycles. The first-order chi connectivity index (χ1) is 7.17. The van der Waals surface area contributed by atoms with Crippen LogP contribution in [0.1, 0.15) is 26.2 Å². The molecule has 0 saturated carbocycles. The molecule has 0 aromatic rings. The van der Waals surface area contributed by atoms with Crippen molar-refractivity contribution in [2.75, 3.05) is 26.7 Å². The molecule has 88 valence electrons. The minimum Gasteiger partial charge on any atom is -0.368 e. The Hall–Kier alpha value is -0.610. The van der Waals surface area contributed by atoms with Crippen LogP contribution in [0, 0.1) is 5.92 Å². The Bertz CT molecular complexity index is 208. The maximum absolute atomic E-state index is 11.0. The van der Waals surface area contributed by atoms with Crippen molar-refractivity contribution in [3.05, 3.63) is 0 Å². The molecule has 0 spiro atoms. The Kier molecular flexibility index (Phi) is 5.05. The van der Waals surface area contributed by atoms with Gasteiger partial charge in [0.05, 0.1) is 6.04 Å². The van der Waals surface area contributed by atoms with Crippen LogP contribution < -0.4 is 11.1 Å². The van der Waals surface area contributed by atoms with Gasteiger partial charge < -0.3 is 16.0 Å². The van der Waals surface area contributed by atoms with Crippen LogP contribution in [-0.4, -0.2) is 43.5 Å². The van der Waals surface area contributed by atoms with Gasteiger partial charge in [0.1, 0.15) is 0 Å². The third-order valence-corrected chi connectivity index (χ3v) is 3.37. The van der Waals surface area contributed by atoms with Crippen molar-refractivity contribution in [3.63, 3.8) is 0 Å². The molecule has 1 heterocycles. The summed E-state index contributed by atoms with van der Waals surface area (Å²) in [6.07, 6.45) is 3.39. The van der Waals surface area contributed by atoms with E-state index in [0.717, 1.165) is 18.9 Å². The van der Waals surface area contributed by atoms with Gasteiger partial charge in [-0.2, -0.15) is 0 Å². The van der Waals surface area contributed by atoms with E-state index in [1.54, 1.807) is 7.05 Å². The Morgan fingerprint density at radius 1 is 1.67 bits per heavy atom. The van der Waals surface area contributed by atoms with E-state index in [0.29, 0.717) is 0 Å². The summed E-state index contributed by atoms with van der Waals surface area (Å²) in [5, 5.41) is 2.95. The fraction of sp³-hybridized carbons (Fsp3) is 0.909. The predicted molar refractivity (Wildman–Crippen MR) is 61.5 cm³/mol. The van der Waals surface area contributed by atoms with E-state index in [2.05, 4.69) is 17.1 Å². The van der Waals surface area contributed by atoms with Crippen LogP contribution in [0.25, 0.3) is 0 Å². The van der Waals surface area contributed by atoms with E-state index in [9.17, 15) is 4.79 Å². The van der Waals surface area contributed by atoms with E-state index in [-0.39, 0.29) is 11.9 Å². The molecule has 1 fully saturated rings. The molecule has 0 radical (unpaired) electrons. The van der Waals surface area contributed by atoms with Gasteiger partial charge in [-0.25, -0.2) is 0 Å². The van der Waals surface area contributed by atoms with Crippen LogP contribution in [-0.2, 0) is 4.79 Å². The highest BCUT2D eigenvalue weighted by Crippen LogP contribution is 2.19. The number of carbonyl (C=O) groups is 1. The van der Waals surface area contributed by atoms with E-state index in [1.807, 2.05) is 0 Å². The Morgan fingerprint density at radius 2 is 2.40 bits per heavy atom. The van der Waals surface area contributed by atoms with Crippen LogP contribution >= 0.6 is 0 Å². The molecule has 2 unspecified atom stereocenters. The number of amides is 1. The van der Waals surface area contributed by atoms with Gasteiger partial charge in [-0.05, 0) is 32.4 Å². The molecule has 4 nitrogen and oxygen atoms in total. The minimum atomic E-state index is -0.247. The van der Waals surface area contributed by atoms with E-state index in [1.165, 1.54) is 25.9 Å². The summed E-state index contributed by atoms with van der Waals surface area (Å²) in [4.78, 5) is 13.4. The average molecular weight is 213 g/mol. The molecule has 3 N–H and O–H groups in total. The highest BCUT2D eigenvalue weighted by atomic mass is 16.1. The third kappa shape index (κ3) is 3.80. The lowest BCUT2D eigenvalue weighted by Gasteiger charge is -2.19. The quantitative estimate of drug-likeness (QED) is 0.662. The molecular weight excluding hydrogens is 190 g/mol. The second-order valence-corrected chi connectivity index (χ2v) is 4.40. The molecule has 0 aromatic carbocycles. The van der Waals surface area contributed by atoms with Crippen LogP contribution in [0.2, 0.25) is 0 Å². The van der Waals surface area contributed by atoms with Gasteiger partial charge in [-0.1, -0.05) is 13.3 Å². The topological polar surface area (TPSA) is 58.4 Å². The number of hydrogen-bond donors (Lipinski definition) is 2. The molecule has 2 atom stereocenters. The number of hydrogen-bond acceptors (Lipinski definition) is 3. The number of carbonyl (C=O) groups excluding carboxylic acids is 1. The smallest absolute Gasteiger partial charge is 0.234 e. The van der Waals surface area contributed by atoms with Crippen molar-refractivity contribution in [1.29, 1.82) is 0 Å². The molecular formula is C11H23N3O. The SMILES string of the molecule is CCC1CCN(CCC(NC)C(N)=O)C1. The zero-order valence-electron chi connectivity index (χ0n) is 9.83. The molecule has 1 aliphatic rings. The number of likely N-dealkylation sites (tertiary alicyclic amines) is 1. The van der Waals surface area contributed by atoms with Crippen LogP contribution in [0.5, 0.6) is 0 Å². The van der Waals surface area contributed by atoms with Crippen molar-refractivity contribution >= 4 is 5.91 Å². The Labute approximate surface area is 92.2 Å². The standard InChI is InChI=1S/C11H23N3O/c1-3-9-4-6-14(8-9)7-5-10(13-2)11(12)15/h9-10,13H,3-8H2,1-2H3,(H2,12,15). The zero-order chi connectivity index (χ0) is 11.3. The van der Waals surface area contributed by atoms with Crippen LogP contribution in [0.4, 0.5) is 0 Å². The Balaban J connectivity index is 2.22.